The maximum Gasteiger partial charge on any atom is 0.205 e. The van der Waals surface area contributed by atoms with Gasteiger partial charge in [0.2, 0.25) is 5.69 Å². The highest BCUT2D eigenvalue weighted by molar-refractivity contribution is 5.66. The maximum absolute atomic E-state index is 2.61. The average Bonchev–Trinajstić information content (AvgIpc) is 2.67. The number of allylic oxidation sites excluding steroid dienone is 2. The Bertz CT molecular complexity index is 810. The van der Waals surface area contributed by atoms with Crippen LogP contribution < -0.4 is 4.57 Å². The highest BCUT2D eigenvalue weighted by atomic mass is 14.9. The van der Waals surface area contributed by atoms with Crippen LogP contribution >= 0.6 is 0 Å². The molecule has 4 aliphatic rings. The standard InChI is InChI=1S/C26H30N/c1-2-7-21(8-3-1)10-11-25-9-4-5-13-27(25)14-6-12-26-18-22-15-23(19-26)17-24(16-22)20-26/h1-13,22-24H,14-20H2/q+1/b11-10+,12-6+. The Hall–Kier alpha value is -2.15. The van der Waals surface area contributed by atoms with Crippen LogP contribution in [0, 0.1) is 23.2 Å². The van der Waals surface area contributed by atoms with Crippen molar-refractivity contribution < 1.29 is 4.57 Å². The van der Waals surface area contributed by atoms with Gasteiger partial charge >= 0.3 is 0 Å². The van der Waals surface area contributed by atoms with Crippen LogP contribution in [0.3, 0.4) is 0 Å². The second-order valence-electron chi connectivity index (χ2n) is 9.20. The average molecular weight is 357 g/mol. The monoisotopic (exact) mass is 356 g/mol. The van der Waals surface area contributed by atoms with Gasteiger partial charge in [-0.2, -0.15) is 4.57 Å². The van der Waals surface area contributed by atoms with Crippen LogP contribution in [0.5, 0.6) is 0 Å². The summed E-state index contributed by atoms with van der Waals surface area (Å²) in [5.74, 6) is 3.07. The van der Waals surface area contributed by atoms with Crippen LogP contribution in [0.2, 0.25) is 0 Å². The van der Waals surface area contributed by atoms with Crippen LogP contribution in [0.1, 0.15) is 49.8 Å². The number of nitrogens with zero attached hydrogens (tertiary/aromatic N) is 1. The zero-order valence-corrected chi connectivity index (χ0v) is 16.1. The van der Waals surface area contributed by atoms with E-state index in [2.05, 4.69) is 83.6 Å². The minimum atomic E-state index is 0.532. The molecule has 27 heavy (non-hydrogen) atoms. The lowest BCUT2D eigenvalue weighted by atomic mass is 9.49. The normalized spacial score (nSPS) is 31.9. The van der Waals surface area contributed by atoms with Gasteiger partial charge in [-0.25, -0.2) is 0 Å². The van der Waals surface area contributed by atoms with Crippen LogP contribution in [-0.4, -0.2) is 0 Å². The van der Waals surface area contributed by atoms with E-state index < -0.39 is 0 Å². The molecule has 0 unspecified atom stereocenters. The molecule has 0 spiro atoms. The minimum Gasteiger partial charge on any atom is -0.195 e. The van der Waals surface area contributed by atoms with Crippen molar-refractivity contribution in [3.63, 3.8) is 0 Å². The van der Waals surface area contributed by atoms with Crippen LogP contribution in [0.15, 0.2) is 66.9 Å². The fourth-order valence-electron chi connectivity index (χ4n) is 6.35. The fraction of sp³-hybridized carbons (Fsp3) is 0.423. The molecule has 1 heterocycles. The molecule has 2 aromatic rings. The Morgan fingerprint density at radius 3 is 2.19 bits per heavy atom. The number of rotatable bonds is 5. The Labute approximate surface area is 163 Å². The quantitative estimate of drug-likeness (QED) is 0.463. The van der Waals surface area contributed by atoms with E-state index in [1.807, 2.05) is 0 Å². The van der Waals surface area contributed by atoms with E-state index in [9.17, 15) is 0 Å². The predicted octanol–water partition coefficient (Wildman–Crippen LogP) is 5.92. The summed E-state index contributed by atoms with van der Waals surface area (Å²) in [6, 6.07) is 17.0. The highest BCUT2D eigenvalue weighted by Gasteiger charge is 2.49. The third-order valence-electron chi connectivity index (χ3n) is 7.08. The Kier molecular flexibility index (Phi) is 4.47. The van der Waals surface area contributed by atoms with Gasteiger partial charge in [-0.05, 0) is 85.5 Å². The molecule has 0 radical (unpaired) electrons. The first kappa shape index (κ1) is 17.0. The third-order valence-corrected chi connectivity index (χ3v) is 7.08. The van der Waals surface area contributed by atoms with Crippen molar-refractivity contribution in [2.45, 2.75) is 45.1 Å². The number of benzene rings is 1. The van der Waals surface area contributed by atoms with E-state index in [4.69, 9.17) is 0 Å². The van der Waals surface area contributed by atoms with E-state index in [0.29, 0.717) is 5.41 Å². The first-order valence-electron chi connectivity index (χ1n) is 10.7. The van der Waals surface area contributed by atoms with Crippen LogP contribution in [0.25, 0.3) is 12.2 Å². The molecule has 0 amide bonds. The lowest BCUT2D eigenvalue weighted by Gasteiger charge is -2.55. The fourth-order valence-corrected chi connectivity index (χ4v) is 6.35. The van der Waals surface area contributed by atoms with Gasteiger partial charge < -0.3 is 0 Å². The van der Waals surface area contributed by atoms with Crippen molar-refractivity contribution in [1.29, 1.82) is 0 Å². The summed E-state index contributed by atoms with van der Waals surface area (Å²) in [6.07, 6.45) is 20.6. The van der Waals surface area contributed by atoms with E-state index in [-0.39, 0.29) is 0 Å². The smallest absolute Gasteiger partial charge is 0.195 e. The second-order valence-corrected chi connectivity index (χ2v) is 9.20. The van der Waals surface area contributed by atoms with E-state index in [0.717, 1.165) is 24.3 Å². The van der Waals surface area contributed by atoms with Gasteiger partial charge in [0.15, 0.2) is 12.7 Å². The number of hydrogen-bond acceptors (Lipinski definition) is 0. The van der Waals surface area contributed by atoms with Crippen LogP contribution in [0.4, 0.5) is 0 Å². The van der Waals surface area contributed by atoms with Gasteiger partial charge in [-0.1, -0.05) is 36.4 Å². The molecule has 0 atom stereocenters. The number of pyridine rings is 1. The molecule has 1 aromatic heterocycles. The van der Waals surface area contributed by atoms with E-state index in [1.165, 1.54) is 49.8 Å². The highest BCUT2D eigenvalue weighted by Crippen LogP contribution is 2.60. The molecule has 138 valence electrons. The Morgan fingerprint density at radius 1 is 0.815 bits per heavy atom. The zero-order chi connectivity index (χ0) is 18.1. The van der Waals surface area contributed by atoms with Crippen molar-refractivity contribution in [2.75, 3.05) is 0 Å². The molecule has 4 bridgehead atoms. The molecule has 0 saturated heterocycles. The Morgan fingerprint density at radius 2 is 1.48 bits per heavy atom. The molecule has 6 rings (SSSR count). The van der Waals surface area contributed by atoms with Gasteiger partial charge in [0.05, 0.1) is 0 Å². The summed E-state index contributed by atoms with van der Waals surface area (Å²) in [5.41, 5.74) is 3.04. The molecule has 0 aliphatic heterocycles. The third kappa shape index (κ3) is 3.65. The van der Waals surface area contributed by atoms with Crippen molar-refractivity contribution in [3.05, 3.63) is 78.1 Å². The summed E-state index contributed by atoms with van der Waals surface area (Å²) in [5, 5.41) is 0. The SMILES string of the molecule is C(=C\C12CC3CC(CC(C3)C1)C2)/C[n+]1ccccc1/C=C/c1ccccc1. The van der Waals surface area contributed by atoms with Crippen molar-refractivity contribution in [2.24, 2.45) is 23.2 Å². The van der Waals surface area contributed by atoms with Gasteiger partial charge in [-0.15, -0.1) is 0 Å². The van der Waals surface area contributed by atoms with Gasteiger partial charge in [0, 0.05) is 18.2 Å². The Balaban J connectivity index is 1.30. The molecule has 4 saturated carbocycles. The topological polar surface area (TPSA) is 3.88 Å². The molecule has 4 fully saturated rings. The van der Waals surface area contributed by atoms with Crippen molar-refractivity contribution in [3.8, 4) is 0 Å². The lowest BCUT2D eigenvalue weighted by Crippen LogP contribution is -2.45. The van der Waals surface area contributed by atoms with Gasteiger partial charge in [-0.3, -0.25) is 0 Å². The van der Waals surface area contributed by atoms with Gasteiger partial charge in [0.1, 0.15) is 0 Å². The molecule has 4 aliphatic carbocycles. The molecule has 1 aromatic carbocycles. The number of hydrogen-bond donors (Lipinski definition) is 0. The van der Waals surface area contributed by atoms with Crippen molar-refractivity contribution in [1.82, 2.24) is 0 Å². The van der Waals surface area contributed by atoms with E-state index in [1.54, 1.807) is 0 Å². The molecule has 1 heteroatoms. The zero-order valence-electron chi connectivity index (χ0n) is 16.1. The first-order valence-corrected chi connectivity index (χ1v) is 10.7. The van der Waals surface area contributed by atoms with Crippen molar-refractivity contribution >= 4 is 12.2 Å². The summed E-state index contributed by atoms with van der Waals surface area (Å²) >= 11 is 0. The lowest BCUT2D eigenvalue weighted by molar-refractivity contribution is -0.688. The number of aromatic nitrogens is 1. The summed E-state index contributed by atoms with van der Waals surface area (Å²) in [7, 11) is 0. The van der Waals surface area contributed by atoms with Crippen LogP contribution in [-0.2, 0) is 6.54 Å². The molecular formula is C26H30N+. The molecule has 1 nitrogen and oxygen atoms in total. The largest absolute Gasteiger partial charge is 0.205 e. The predicted molar refractivity (Wildman–Crippen MR) is 112 cm³/mol. The molecule has 0 N–H and O–H groups in total. The molecular weight excluding hydrogens is 326 g/mol. The minimum absolute atomic E-state index is 0.532. The second kappa shape index (κ2) is 7.11. The maximum atomic E-state index is 2.61. The summed E-state index contributed by atoms with van der Waals surface area (Å²) < 4.78 is 2.36. The summed E-state index contributed by atoms with van der Waals surface area (Å²) in [6.45, 7) is 0.969. The van der Waals surface area contributed by atoms with E-state index >= 15 is 0 Å². The van der Waals surface area contributed by atoms with Gasteiger partial charge in [0.25, 0.3) is 0 Å². The summed E-state index contributed by atoms with van der Waals surface area (Å²) in [4.78, 5) is 0. The first-order chi connectivity index (χ1) is 13.3.